The molecule has 0 saturated carbocycles. The van der Waals surface area contributed by atoms with Gasteiger partial charge in [-0.3, -0.25) is 9.59 Å². The third-order valence-electron chi connectivity index (χ3n) is 4.32. The van der Waals surface area contributed by atoms with Gasteiger partial charge in [0.05, 0.1) is 5.69 Å². The maximum absolute atomic E-state index is 13.7. The van der Waals surface area contributed by atoms with Gasteiger partial charge < -0.3 is 21.3 Å². The van der Waals surface area contributed by atoms with Gasteiger partial charge in [0.1, 0.15) is 6.54 Å². The highest BCUT2D eigenvalue weighted by atomic mass is 19.2. The summed E-state index contributed by atoms with van der Waals surface area (Å²) in [5.74, 6) is -4.89. The van der Waals surface area contributed by atoms with Crippen LogP contribution in [0.15, 0.2) is 17.1 Å². The number of halogens is 3. The normalized spacial score (nSPS) is 17.4. The average molecular weight is 399 g/mol. The number of anilines is 1. The molecular weight excluding hydrogens is 375 g/mol. The summed E-state index contributed by atoms with van der Waals surface area (Å²) in [6.07, 6.45) is 2.02. The van der Waals surface area contributed by atoms with Gasteiger partial charge >= 0.3 is 0 Å². The van der Waals surface area contributed by atoms with Crippen molar-refractivity contribution in [2.45, 2.75) is 26.2 Å². The lowest BCUT2D eigenvalue weighted by molar-refractivity contribution is -0.119. The van der Waals surface area contributed by atoms with Crippen molar-refractivity contribution >= 4 is 23.5 Å². The fraction of sp³-hybridized carbons (Fsp3) is 0.500. The molecule has 2 amide bonds. The molecular formula is C18H24F3N5O2. The molecule has 1 aromatic rings. The number of primary amides is 1. The number of rotatable bonds is 6. The highest BCUT2D eigenvalue weighted by Gasteiger charge is 2.24. The van der Waals surface area contributed by atoms with Crippen LogP contribution in [0.3, 0.4) is 0 Å². The maximum atomic E-state index is 13.7. The van der Waals surface area contributed by atoms with E-state index >= 15 is 0 Å². The molecule has 1 unspecified atom stereocenters. The standard InChI is InChI=1S/C18H24F3N5O2/c1-2-23-18(26-7-3-4-11(10-26)8-14(22)27)24-9-15(28)25-13-6-5-12(19)16(20)17(13)21/h5-6,11H,2-4,7-10H2,1H3,(H2,22,27)(H,23,24)(H,25,28). The summed E-state index contributed by atoms with van der Waals surface area (Å²) in [5.41, 5.74) is 4.82. The Bertz CT molecular complexity index is 757. The van der Waals surface area contributed by atoms with E-state index in [1.807, 2.05) is 11.8 Å². The first-order valence-electron chi connectivity index (χ1n) is 9.06. The number of carbonyl (C=O) groups is 2. The monoisotopic (exact) mass is 399 g/mol. The van der Waals surface area contributed by atoms with Crippen LogP contribution in [0, 0.1) is 23.4 Å². The molecule has 7 nitrogen and oxygen atoms in total. The molecule has 1 fully saturated rings. The Balaban J connectivity index is 2.02. The molecule has 0 radical (unpaired) electrons. The fourth-order valence-corrected chi connectivity index (χ4v) is 3.09. The number of piperidine rings is 1. The second kappa shape index (κ2) is 9.95. The quantitative estimate of drug-likeness (QED) is 0.384. The third kappa shape index (κ3) is 5.86. The Morgan fingerprint density at radius 3 is 2.71 bits per heavy atom. The van der Waals surface area contributed by atoms with Crippen molar-refractivity contribution in [1.82, 2.24) is 10.2 Å². The average Bonchev–Trinajstić information content (AvgIpc) is 2.65. The molecule has 1 aromatic carbocycles. The predicted molar refractivity (Wildman–Crippen MR) is 99.0 cm³/mol. The number of hydrogen-bond donors (Lipinski definition) is 3. The zero-order valence-electron chi connectivity index (χ0n) is 15.6. The van der Waals surface area contributed by atoms with Crippen LogP contribution in [0.2, 0.25) is 0 Å². The number of likely N-dealkylation sites (tertiary alicyclic amines) is 1. The number of carbonyl (C=O) groups excluding carboxylic acids is 2. The van der Waals surface area contributed by atoms with E-state index in [0.29, 0.717) is 25.6 Å². The van der Waals surface area contributed by atoms with Gasteiger partial charge in [0.2, 0.25) is 11.8 Å². The van der Waals surface area contributed by atoms with Gasteiger partial charge in [-0.25, -0.2) is 18.2 Å². The van der Waals surface area contributed by atoms with Crippen LogP contribution in [0.5, 0.6) is 0 Å². The molecule has 28 heavy (non-hydrogen) atoms. The Morgan fingerprint density at radius 1 is 1.29 bits per heavy atom. The van der Waals surface area contributed by atoms with Crippen molar-refractivity contribution < 1.29 is 22.8 Å². The highest BCUT2D eigenvalue weighted by molar-refractivity contribution is 5.94. The minimum Gasteiger partial charge on any atom is -0.370 e. The molecule has 0 aliphatic carbocycles. The first-order valence-corrected chi connectivity index (χ1v) is 9.06. The molecule has 1 saturated heterocycles. The summed E-state index contributed by atoms with van der Waals surface area (Å²) in [6.45, 7) is 3.39. The van der Waals surface area contributed by atoms with Gasteiger partial charge in [-0.15, -0.1) is 0 Å². The molecule has 2 rings (SSSR count). The van der Waals surface area contributed by atoms with E-state index in [4.69, 9.17) is 5.73 Å². The molecule has 0 aromatic heterocycles. The second-order valence-corrected chi connectivity index (χ2v) is 6.57. The number of nitrogens with two attached hydrogens (primary N) is 1. The number of amides is 2. The lowest BCUT2D eigenvalue weighted by atomic mass is 9.95. The third-order valence-corrected chi connectivity index (χ3v) is 4.32. The summed E-state index contributed by atoms with van der Waals surface area (Å²) in [7, 11) is 0. The Labute approximate surface area is 161 Å². The molecule has 4 N–H and O–H groups in total. The Morgan fingerprint density at radius 2 is 2.04 bits per heavy atom. The molecule has 154 valence electrons. The van der Waals surface area contributed by atoms with Crippen LogP contribution in [0.25, 0.3) is 0 Å². The van der Waals surface area contributed by atoms with Crippen molar-refractivity contribution in [2.75, 3.05) is 31.5 Å². The fourth-order valence-electron chi connectivity index (χ4n) is 3.09. The molecule has 0 bridgehead atoms. The second-order valence-electron chi connectivity index (χ2n) is 6.57. The Kier molecular flexibility index (Phi) is 7.65. The number of hydrogen-bond acceptors (Lipinski definition) is 3. The summed E-state index contributed by atoms with van der Waals surface area (Å²) in [6, 6.07) is 1.67. The molecule has 10 heteroatoms. The van der Waals surface area contributed by atoms with Crippen molar-refractivity contribution in [2.24, 2.45) is 16.6 Å². The maximum Gasteiger partial charge on any atom is 0.246 e. The highest BCUT2D eigenvalue weighted by Crippen LogP contribution is 2.20. The summed E-state index contributed by atoms with van der Waals surface area (Å²) in [4.78, 5) is 29.4. The minimum atomic E-state index is -1.65. The number of nitrogens with one attached hydrogen (secondary N) is 2. The van der Waals surface area contributed by atoms with E-state index in [-0.39, 0.29) is 24.8 Å². The number of guanidine groups is 1. The van der Waals surface area contributed by atoms with Gasteiger partial charge in [0, 0.05) is 26.1 Å². The van der Waals surface area contributed by atoms with E-state index in [1.54, 1.807) is 0 Å². The predicted octanol–water partition coefficient (Wildman–Crippen LogP) is 1.60. The van der Waals surface area contributed by atoms with Crippen LogP contribution in [-0.2, 0) is 9.59 Å². The smallest absolute Gasteiger partial charge is 0.246 e. The molecule has 0 spiro atoms. The van der Waals surface area contributed by atoms with Crippen LogP contribution in [0.1, 0.15) is 26.2 Å². The number of nitrogens with zero attached hydrogens (tertiary/aromatic N) is 2. The first-order chi connectivity index (χ1) is 13.3. The molecule has 1 heterocycles. The van der Waals surface area contributed by atoms with E-state index in [9.17, 15) is 22.8 Å². The first kappa shape index (κ1) is 21.5. The van der Waals surface area contributed by atoms with Gasteiger partial charge in [0.15, 0.2) is 23.4 Å². The summed E-state index contributed by atoms with van der Waals surface area (Å²) >= 11 is 0. The molecule has 1 aliphatic heterocycles. The summed E-state index contributed by atoms with van der Waals surface area (Å²) in [5, 5.41) is 5.25. The van der Waals surface area contributed by atoms with Crippen LogP contribution in [-0.4, -0.2) is 48.9 Å². The van der Waals surface area contributed by atoms with Crippen molar-refractivity contribution in [1.29, 1.82) is 0 Å². The van der Waals surface area contributed by atoms with Crippen molar-refractivity contribution in [3.8, 4) is 0 Å². The van der Waals surface area contributed by atoms with Gasteiger partial charge in [0.25, 0.3) is 0 Å². The number of benzene rings is 1. The van der Waals surface area contributed by atoms with Crippen LogP contribution < -0.4 is 16.4 Å². The lowest BCUT2D eigenvalue weighted by Crippen LogP contribution is -2.47. The molecule has 1 atom stereocenters. The minimum absolute atomic E-state index is 0.111. The van der Waals surface area contributed by atoms with E-state index in [1.165, 1.54) is 0 Å². The zero-order valence-corrected chi connectivity index (χ0v) is 15.6. The van der Waals surface area contributed by atoms with Gasteiger partial charge in [-0.1, -0.05) is 0 Å². The largest absolute Gasteiger partial charge is 0.370 e. The van der Waals surface area contributed by atoms with E-state index < -0.39 is 29.0 Å². The van der Waals surface area contributed by atoms with Gasteiger partial charge in [-0.05, 0) is 37.8 Å². The van der Waals surface area contributed by atoms with Crippen LogP contribution >= 0.6 is 0 Å². The SMILES string of the molecule is CCNC(=NCC(=O)Nc1ccc(F)c(F)c1F)N1CCCC(CC(N)=O)C1. The van der Waals surface area contributed by atoms with Crippen LogP contribution in [0.4, 0.5) is 18.9 Å². The molecule has 1 aliphatic rings. The van der Waals surface area contributed by atoms with E-state index in [0.717, 1.165) is 25.0 Å². The summed E-state index contributed by atoms with van der Waals surface area (Å²) < 4.78 is 39.9. The zero-order chi connectivity index (χ0) is 20.7. The van der Waals surface area contributed by atoms with Gasteiger partial charge in [-0.2, -0.15) is 0 Å². The van der Waals surface area contributed by atoms with E-state index in [2.05, 4.69) is 15.6 Å². The Hall–Kier alpha value is -2.78. The van der Waals surface area contributed by atoms with Crippen molar-refractivity contribution in [3.63, 3.8) is 0 Å². The van der Waals surface area contributed by atoms with Crippen molar-refractivity contribution in [3.05, 3.63) is 29.6 Å². The topological polar surface area (TPSA) is 99.8 Å². The lowest BCUT2D eigenvalue weighted by Gasteiger charge is -2.34. The number of aliphatic imine (C=N–C) groups is 1.